The molecule has 1 aromatic rings. The van der Waals surface area contributed by atoms with E-state index in [1.807, 2.05) is 18.2 Å². The van der Waals surface area contributed by atoms with Crippen LogP contribution in [0.2, 0.25) is 0 Å². The average molecular weight is 222 g/mol. The third-order valence-electron chi connectivity index (χ3n) is 2.38. The van der Waals surface area contributed by atoms with Crippen LogP contribution in [0.5, 0.6) is 0 Å². The lowest BCUT2D eigenvalue weighted by molar-refractivity contribution is 0.0394. The number of ether oxygens (including phenoxy) is 2. The van der Waals surface area contributed by atoms with Crippen LogP contribution < -0.4 is 0 Å². The lowest BCUT2D eigenvalue weighted by Crippen LogP contribution is -2.05. The molecule has 90 valence electrons. The molecular formula is C14H22O2. The van der Waals surface area contributed by atoms with Crippen molar-refractivity contribution < 1.29 is 9.47 Å². The Bertz CT molecular complexity index is 246. The van der Waals surface area contributed by atoms with Gasteiger partial charge in [-0.2, -0.15) is 0 Å². The summed E-state index contributed by atoms with van der Waals surface area (Å²) in [6.45, 7) is 5.13. The largest absolute Gasteiger partial charge is 0.379 e. The van der Waals surface area contributed by atoms with Gasteiger partial charge < -0.3 is 9.47 Å². The van der Waals surface area contributed by atoms with Crippen molar-refractivity contribution in [3.8, 4) is 0 Å². The monoisotopic (exact) mass is 222 g/mol. The molecule has 0 aliphatic carbocycles. The van der Waals surface area contributed by atoms with Gasteiger partial charge in [-0.05, 0) is 12.0 Å². The van der Waals surface area contributed by atoms with E-state index in [9.17, 15) is 0 Å². The zero-order valence-electron chi connectivity index (χ0n) is 10.2. The van der Waals surface area contributed by atoms with Crippen molar-refractivity contribution in [3.63, 3.8) is 0 Å². The van der Waals surface area contributed by atoms with E-state index in [1.54, 1.807) is 0 Å². The summed E-state index contributed by atoms with van der Waals surface area (Å²) in [6.07, 6.45) is 3.66. The van der Waals surface area contributed by atoms with Crippen molar-refractivity contribution in [2.45, 2.75) is 32.8 Å². The Kier molecular flexibility index (Phi) is 7.74. The zero-order chi connectivity index (χ0) is 11.5. The summed E-state index contributed by atoms with van der Waals surface area (Å²) >= 11 is 0. The molecule has 0 aliphatic rings. The van der Waals surface area contributed by atoms with Crippen molar-refractivity contribution in [2.24, 2.45) is 0 Å². The van der Waals surface area contributed by atoms with Crippen molar-refractivity contribution in [1.82, 2.24) is 0 Å². The highest BCUT2D eigenvalue weighted by Gasteiger charge is 1.92. The first-order chi connectivity index (χ1) is 7.93. The van der Waals surface area contributed by atoms with Crippen LogP contribution in [0.3, 0.4) is 0 Å². The van der Waals surface area contributed by atoms with Crippen LogP contribution in [0, 0.1) is 0 Å². The summed E-state index contributed by atoms with van der Waals surface area (Å²) < 4.78 is 10.9. The van der Waals surface area contributed by atoms with Crippen LogP contribution >= 0.6 is 0 Å². The van der Waals surface area contributed by atoms with E-state index in [-0.39, 0.29) is 0 Å². The molecule has 0 amide bonds. The second-order valence-corrected chi connectivity index (χ2v) is 3.86. The van der Waals surface area contributed by atoms with Crippen molar-refractivity contribution in [3.05, 3.63) is 35.9 Å². The van der Waals surface area contributed by atoms with Crippen LogP contribution in [0.4, 0.5) is 0 Å². The molecule has 0 unspecified atom stereocenters. The van der Waals surface area contributed by atoms with E-state index in [2.05, 4.69) is 19.1 Å². The molecule has 0 fully saturated rings. The third kappa shape index (κ3) is 6.59. The lowest BCUT2D eigenvalue weighted by atomic mass is 10.2. The summed E-state index contributed by atoms with van der Waals surface area (Å²) in [4.78, 5) is 0. The second-order valence-electron chi connectivity index (χ2n) is 3.86. The smallest absolute Gasteiger partial charge is 0.0718 e. The van der Waals surface area contributed by atoms with Gasteiger partial charge >= 0.3 is 0 Å². The normalized spacial score (nSPS) is 10.6. The van der Waals surface area contributed by atoms with Gasteiger partial charge in [0.2, 0.25) is 0 Å². The van der Waals surface area contributed by atoms with Crippen LogP contribution in [0.1, 0.15) is 31.7 Å². The molecule has 0 saturated carbocycles. The fraction of sp³-hybridized carbons (Fsp3) is 0.571. The minimum atomic E-state index is 0.680. The van der Waals surface area contributed by atoms with Gasteiger partial charge in [-0.1, -0.05) is 50.1 Å². The van der Waals surface area contributed by atoms with Crippen LogP contribution in [-0.4, -0.2) is 19.8 Å². The molecule has 1 aromatic carbocycles. The van der Waals surface area contributed by atoms with Crippen LogP contribution in [0.25, 0.3) is 0 Å². The van der Waals surface area contributed by atoms with E-state index >= 15 is 0 Å². The lowest BCUT2D eigenvalue weighted by Gasteiger charge is -2.05. The number of unbranched alkanes of at least 4 members (excludes halogenated alkanes) is 2. The minimum Gasteiger partial charge on any atom is -0.379 e. The summed E-state index contributed by atoms with van der Waals surface area (Å²) in [5, 5.41) is 0. The quantitative estimate of drug-likeness (QED) is 0.596. The Hall–Kier alpha value is -0.860. The van der Waals surface area contributed by atoms with Gasteiger partial charge in [-0.25, -0.2) is 0 Å². The molecule has 0 heterocycles. The first-order valence-corrected chi connectivity index (χ1v) is 6.13. The molecule has 0 radical (unpaired) electrons. The van der Waals surface area contributed by atoms with Crippen molar-refractivity contribution >= 4 is 0 Å². The van der Waals surface area contributed by atoms with Gasteiger partial charge in [0.1, 0.15) is 0 Å². The molecule has 2 nitrogen and oxygen atoms in total. The Morgan fingerprint density at radius 2 is 1.62 bits per heavy atom. The van der Waals surface area contributed by atoms with Gasteiger partial charge in [0.15, 0.2) is 0 Å². The number of hydrogen-bond acceptors (Lipinski definition) is 2. The fourth-order valence-electron chi connectivity index (χ4n) is 1.44. The van der Waals surface area contributed by atoms with Gasteiger partial charge in [0, 0.05) is 6.61 Å². The predicted molar refractivity (Wildman–Crippen MR) is 66.4 cm³/mol. The fourth-order valence-corrected chi connectivity index (χ4v) is 1.44. The SMILES string of the molecule is CCCCCOCCOCc1ccccc1. The molecule has 0 bridgehead atoms. The first kappa shape index (κ1) is 13.2. The summed E-state index contributed by atoms with van der Waals surface area (Å²) in [5.41, 5.74) is 1.22. The van der Waals surface area contributed by atoms with Crippen LogP contribution in [0.15, 0.2) is 30.3 Å². The first-order valence-electron chi connectivity index (χ1n) is 6.13. The van der Waals surface area contributed by atoms with Crippen LogP contribution in [-0.2, 0) is 16.1 Å². The topological polar surface area (TPSA) is 18.5 Å². The molecule has 0 aromatic heterocycles. The predicted octanol–water partition coefficient (Wildman–Crippen LogP) is 3.41. The summed E-state index contributed by atoms with van der Waals surface area (Å²) in [5.74, 6) is 0. The minimum absolute atomic E-state index is 0.680. The summed E-state index contributed by atoms with van der Waals surface area (Å²) in [7, 11) is 0. The highest BCUT2D eigenvalue weighted by molar-refractivity contribution is 5.13. The van der Waals surface area contributed by atoms with Gasteiger partial charge in [0.05, 0.1) is 19.8 Å². The molecule has 2 heteroatoms. The summed E-state index contributed by atoms with van der Waals surface area (Å²) in [6, 6.07) is 10.2. The molecule has 0 atom stereocenters. The molecule has 0 spiro atoms. The van der Waals surface area contributed by atoms with Gasteiger partial charge in [-0.3, -0.25) is 0 Å². The Balaban J connectivity index is 1.89. The van der Waals surface area contributed by atoms with Gasteiger partial charge in [-0.15, -0.1) is 0 Å². The molecule has 1 rings (SSSR count). The third-order valence-corrected chi connectivity index (χ3v) is 2.38. The highest BCUT2D eigenvalue weighted by Crippen LogP contribution is 2.00. The highest BCUT2D eigenvalue weighted by atomic mass is 16.5. The Morgan fingerprint density at radius 1 is 0.875 bits per heavy atom. The standard InChI is InChI=1S/C14H22O2/c1-2-3-7-10-15-11-12-16-13-14-8-5-4-6-9-14/h4-6,8-9H,2-3,7,10-13H2,1H3. The number of hydrogen-bond donors (Lipinski definition) is 0. The average Bonchev–Trinajstić information content (AvgIpc) is 2.34. The maximum atomic E-state index is 5.50. The molecule has 0 N–H and O–H groups in total. The maximum absolute atomic E-state index is 5.50. The number of rotatable bonds is 9. The number of benzene rings is 1. The molecule has 0 aliphatic heterocycles. The van der Waals surface area contributed by atoms with E-state index in [1.165, 1.54) is 18.4 Å². The zero-order valence-corrected chi connectivity index (χ0v) is 10.2. The Labute approximate surface area is 98.6 Å². The Morgan fingerprint density at radius 3 is 2.38 bits per heavy atom. The van der Waals surface area contributed by atoms with E-state index < -0.39 is 0 Å². The maximum Gasteiger partial charge on any atom is 0.0718 e. The van der Waals surface area contributed by atoms with Gasteiger partial charge in [0.25, 0.3) is 0 Å². The van der Waals surface area contributed by atoms with E-state index in [4.69, 9.17) is 9.47 Å². The molecule has 16 heavy (non-hydrogen) atoms. The molecular weight excluding hydrogens is 200 g/mol. The van der Waals surface area contributed by atoms with Crippen molar-refractivity contribution in [1.29, 1.82) is 0 Å². The second kappa shape index (κ2) is 9.37. The van der Waals surface area contributed by atoms with E-state index in [0.717, 1.165) is 13.0 Å². The van der Waals surface area contributed by atoms with E-state index in [0.29, 0.717) is 19.8 Å². The molecule has 0 saturated heterocycles. The van der Waals surface area contributed by atoms with Crippen molar-refractivity contribution in [2.75, 3.05) is 19.8 Å².